The van der Waals surface area contributed by atoms with Crippen LogP contribution in [0.2, 0.25) is 0 Å². The Balaban J connectivity index is 1.99. The lowest BCUT2D eigenvalue weighted by Crippen LogP contribution is -2.15. The molecule has 3 rings (SSSR count). The number of hydrogen-bond acceptors (Lipinski definition) is 6. The molecule has 29 heavy (non-hydrogen) atoms. The van der Waals surface area contributed by atoms with Crippen LogP contribution in [0.15, 0.2) is 69.9 Å². The monoisotopic (exact) mass is 394 g/mol. The number of methoxy groups -OCH3 is 1. The van der Waals surface area contributed by atoms with E-state index < -0.39 is 11.6 Å². The van der Waals surface area contributed by atoms with Crippen LogP contribution in [0.25, 0.3) is 11.0 Å². The van der Waals surface area contributed by atoms with Crippen molar-refractivity contribution in [1.82, 2.24) is 0 Å². The van der Waals surface area contributed by atoms with Crippen molar-refractivity contribution in [2.45, 2.75) is 19.8 Å². The minimum absolute atomic E-state index is 0.0974. The first-order valence-electron chi connectivity index (χ1n) is 9.34. The molecule has 0 spiro atoms. The van der Waals surface area contributed by atoms with Gasteiger partial charge >= 0.3 is 11.6 Å². The van der Waals surface area contributed by atoms with Gasteiger partial charge < -0.3 is 18.6 Å². The normalized spacial score (nSPS) is 11.0. The number of carbonyl (C=O) groups excluding carboxylic acids is 1. The number of carbonyl (C=O) groups is 1. The maximum absolute atomic E-state index is 12.4. The maximum atomic E-state index is 12.4. The minimum Gasteiger partial charge on any atom is -0.492 e. The first-order valence-corrected chi connectivity index (χ1v) is 9.34. The van der Waals surface area contributed by atoms with Gasteiger partial charge in [0.15, 0.2) is 5.75 Å². The molecule has 2 aromatic carbocycles. The molecule has 0 N–H and O–H groups in total. The molecule has 3 aromatic rings. The van der Waals surface area contributed by atoms with E-state index in [1.165, 1.54) is 7.11 Å². The van der Waals surface area contributed by atoms with Crippen molar-refractivity contribution in [3.8, 4) is 17.2 Å². The van der Waals surface area contributed by atoms with E-state index in [1.54, 1.807) is 48.5 Å². The molecule has 0 bridgehead atoms. The second-order valence-electron chi connectivity index (χ2n) is 6.15. The summed E-state index contributed by atoms with van der Waals surface area (Å²) in [5, 5.41) is 0.435. The molecular weight excluding hydrogens is 372 g/mol. The lowest BCUT2D eigenvalue weighted by molar-refractivity contribution is 0.0723. The fourth-order valence-electron chi connectivity index (χ4n) is 2.82. The lowest BCUT2D eigenvalue weighted by Gasteiger charge is -2.13. The molecule has 0 saturated heterocycles. The Morgan fingerprint density at radius 2 is 1.83 bits per heavy atom. The molecule has 0 amide bonds. The van der Waals surface area contributed by atoms with Gasteiger partial charge in [-0.05, 0) is 37.1 Å². The highest BCUT2D eigenvalue weighted by molar-refractivity contribution is 5.95. The molecule has 0 saturated carbocycles. The Morgan fingerprint density at radius 3 is 2.55 bits per heavy atom. The van der Waals surface area contributed by atoms with Gasteiger partial charge in [0.25, 0.3) is 5.75 Å². The molecule has 1 aromatic heterocycles. The van der Waals surface area contributed by atoms with Crippen LogP contribution in [0.4, 0.5) is 0 Å². The van der Waals surface area contributed by atoms with Crippen molar-refractivity contribution < 1.29 is 23.4 Å². The molecule has 0 atom stereocenters. The molecular formula is C23H22O6. The second-order valence-corrected chi connectivity index (χ2v) is 6.15. The van der Waals surface area contributed by atoms with E-state index in [4.69, 9.17) is 18.6 Å². The highest BCUT2D eigenvalue weighted by Crippen LogP contribution is 2.38. The van der Waals surface area contributed by atoms with Crippen LogP contribution in [0.1, 0.15) is 30.1 Å². The van der Waals surface area contributed by atoms with Gasteiger partial charge in [0.05, 0.1) is 19.3 Å². The smallest absolute Gasteiger partial charge is 0.383 e. The predicted octanol–water partition coefficient (Wildman–Crippen LogP) is 4.76. The zero-order chi connectivity index (χ0) is 20.6. The van der Waals surface area contributed by atoms with Crippen LogP contribution in [0.3, 0.4) is 0 Å². The van der Waals surface area contributed by atoms with E-state index in [9.17, 15) is 9.59 Å². The zero-order valence-corrected chi connectivity index (χ0v) is 16.3. The summed E-state index contributed by atoms with van der Waals surface area (Å²) in [5.74, 6) is -0.417. The quantitative estimate of drug-likeness (QED) is 0.237. The second kappa shape index (κ2) is 9.59. The topological polar surface area (TPSA) is 75.0 Å². The van der Waals surface area contributed by atoms with E-state index in [0.717, 1.165) is 12.8 Å². The van der Waals surface area contributed by atoms with Crippen molar-refractivity contribution in [2.75, 3.05) is 13.7 Å². The maximum Gasteiger partial charge on any atom is 0.383 e. The fourth-order valence-corrected chi connectivity index (χ4v) is 2.82. The molecule has 1 heterocycles. The fraction of sp³-hybridized carbons (Fsp3) is 0.217. The van der Waals surface area contributed by atoms with E-state index in [0.29, 0.717) is 23.3 Å². The third-order valence-electron chi connectivity index (χ3n) is 4.16. The number of fused-ring (bicyclic) bond motifs is 1. The first kappa shape index (κ1) is 20.2. The summed E-state index contributed by atoms with van der Waals surface area (Å²) < 4.78 is 22.0. The van der Waals surface area contributed by atoms with Crippen LogP contribution in [-0.4, -0.2) is 19.7 Å². The number of benzene rings is 2. The summed E-state index contributed by atoms with van der Waals surface area (Å²) in [4.78, 5) is 24.9. The minimum atomic E-state index is -0.804. The largest absolute Gasteiger partial charge is 0.492 e. The average Bonchev–Trinajstić information content (AvgIpc) is 2.74. The summed E-state index contributed by atoms with van der Waals surface area (Å²) in [6, 6.07) is 13.5. The van der Waals surface area contributed by atoms with Gasteiger partial charge in [-0.15, -0.1) is 0 Å². The summed E-state index contributed by atoms with van der Waals surface area (Å²) in [5.41, 5.74) is -0.212. The standard InChI is InChI=1S/C23H22O6/c1-3-4-5-9-15-27-17-13-10-14-18-19(17)20(26-2)21(23(25)28-18)29-22(24)16-11-7-6-8-12-16/h4-8,10-14H,3,9,15H2,1-2H3. The molecule has 0 unspecified atom stereocenters. The third-order valence-corrected chi connectivity index (χ3v) is 4.16. The number of esters is 1. The molecule has 6 nitrogen and oxygen atoms in total. The van der Waals surface area contributed by atoms with Gasteiger partial charge in [0, 0.05) is 0 Å². The van der Waals surface area contributed by atoms with Crippen LogP contribution >= 0.6 is 0 Å². The molecule has 150 valence electrons. The van der Waals surface area contributed by atoms with Gasteiger partial charge in [-0.2, -0.15) is 0 Å². The first-order chi connectivity index (χ1) is 14.2. The van der Waals surface area contributed by atoms with Crippen LogP contribution in [0.5, 0.6) is 17.2 Å². The molecule has 6 heteroatoms. The lowest BCUT2D eigenvalue weighted by atomic mass is 10.2. The van der Waals surface area contributed by atoms with Crippen molar-refractivity contribution >= 4 is 16.9 Å². The van der Waals surface area contributed by atoms with Crippen molar-refractivity contribution in [2.24, 2.45) is 0 Å². The van der Waals surface area contributed by atoms with E-state index in [-0.39, 0.29) is 17.1 Å². The Labute approximate surface area is 168 Å². The Hall–Kier alpha value is -3.54. The Morgan fingerprint density at radius 1 is 1.03 bits per heavy atom. The van der Waals surface area contributed by atoms with Gasteiger partial charge in [-0.25, -0.2) is 9.59 Å². The molecule has 0 radical (unpaired) electrons. The Bertz CT molecular complexity index is 1070. The SMILES string of the molecule is CCC=CCCOc1cccc2oc(=O)c(OC(=O)c3ccccc3)c(OC)c12. The van der Waals surface area contributed by atoms with E-state index >= 15 is 0 Å². The Kier molecular flexibility index (Phi) is 6.68. The van der Waals surface area contributed by atoms with Crippen molar-refractivity contribution in [3.63, 3.8) is 0 Å². The third kappa shape index (κ3) is 4.66. The highest BCUT2D eigenvalue weighted by Gasteiger charge is 2.23. The zero-order valence-electron chi connectivity index (χ0n) is 16.3. The molecule has 0 fully saturated rings. The summed E-state index contributed by atoms with van der Waals surface area (Å²) in [7, 11) is 1.40. The predicted molar refractivity (Wildman–Crippen MR) is 110 cm³/mol. The molecule has 0 aliphatic heterocycles. The molecule has 0 aliphatic rings. The van der Waals surface area contributed by atoms with Gasteiger partial charge in [0.1, 0.15) is 16.7 Å². The van der Waals surface area contributed by atoms with Crippen LogP contribution in [0, 0.1) is 0 Å². The van der Waals surface area contributed by atoms with Gasteiger partial charge in [-0.1, -0.05) is 43.3 Å². The van der Waals surface area contributed by atoms with Gasteiger partial charge in [-0.3, -0.25) is 0 Å². The summed E-state index contributed by atoms with van der Waals surface area (Å²) in [6.07, 6.45) is 5.80. The average molecular weight is 394 g/mol. The summed E-state index contributed by atoms with van der Waals surface area (Å²) in [6.45, 7) is 2.50. The number of allylic oxidation sites excluding steroid dienone is 1. The van der Waals surface area contributed by atoms with E-state index in [2.05, 4.69) is 13.0 Å². The molecule has 0 aliphatic carbocycles. The van der Waals surface area contributed by atoms with Gasteiger partial charge in [0.2, 0.25) is 0 Å². The highest BCUT2D eigenvalue weighted by atomic mass is 16.6. The number of rotatable bonds is 8. The van der Waals surface area contributed by atoms with Crippen molar-refractivity contribution in [1.29, 1.82) is 0 Å². The van der Waals surface area contributed by atoms with E-state index in [1.807, 2.05) is 6.08 Å². The summed E-state index contributed by atoms with van der Waals surface area (Å²) >= 11 is 0. The van der Waals surface area contributed by atoms with Crippen LogP contribution in [-0.2, 0) is 0 Å². The number of hydrogen-bond donors (Lipinski definition) is 0. The van der Waals surface area contributed by atoms with Crippen molar-refractivity contribution in [3.05, 3.63) is 76.7 Å². The number of ether oxygens (including phenoxy) is 3. The van der Waals surface area contributed by atoms with Crippen LogP contribution < -0.4 is 19.8 Å².